The second kappa shape index (κ2) is 3.05. The maximum absolute atomic E-state index is 5.94. The SMILES string of the molecule is Cn1c(N)nc(Cl)c1-c1cccs1. The van der Waals surface area contributed by atoms with Crippen LogP contribution in [0.2, 0.25) is 5.15 Å². The summed E-state index contributed by atoms with van der Waals surface area (Å²) in [5.74, 6) is 0.438. The molecular formula is C8H8ClN3S. The Bertz CT molecular complexity index is 419. The first-order chi connectivity index (χ1) is 6.20. The molecule has 13 heavy (non-hydrogen) atoms. The van der Waals surface area contributed by atoms with E-state index in [4.69, 9.17) is 17.3 Å². The van der Waals surface area contributed by atoms with Crippen LogP contribution in [0.5, 0.6) is 0 Å². The van der Waals surface area contributed by atoms with Crippen LogP contribution in [0.4, 0.5) is 5.95 Å². The van der Waals surface area contributed by atoms with Crippen LogP contribution in [0.25, 0.3) is 10.6 Å². The zero-order chi connectivity index (χ0) is 9.42. The van der Waals surface area contributed by atoms with Gasteiger partial charge in [0.2, 0.25) is 5.95 Å². The molecule has 2 aromatic heterocycles. The molecule has 0 fully saturated rings. The number of hydrogen-bond acceptors (Lipinski definition) is 3. The van der Waals surface area contributed by atoms with Crippen molar-refractivity contribution in [1.82, 2.24) is 9.55 Å². The fraction of sp³-hybridized carbons (Fsp3) is 0.125. The van der Waals surface area contributed by atoms with Gasteiger partial charge in [-0.2, -0.15) is 0 Å². The topological polar surface area (TPSA) is 43.8 Å². The van der Waals surface area contributed by atoms with Gasteiger partial charge in [0.15, 0.2) is 5.15 Å². The molecule has 0 aromatic carbocycles. The van der Waals surface area contributed by atoms with Crippen molar-refractivity contribution >= 4 is 28.9 Å². The van der Waals surface area contributed by atoms with E-state index >= 15 is 0 Å². The summed E-state index contributed by atoms with van der Waals surface area (Å²) in [6.45, 7) is 0. The minimum absolute atomic E-state index is 0.438. The van der Waals surface area contributed by atoms with E-state index in [2.05, 4.69) is 4.98 Å². The van der Waals surface area contributed by atoms with Gasteiger partial charge in [-0.3, -0.25) is 0 Å². The molecule has 0 bridgehead atoms. The van der Waals surface area contributed by atoms with Crippen molar-refractivity contribution < 1.29 is 0 Å². The molecule has 0 spiro atoms. The van der Waals surface area contributed by atoms with Gasteiger partial charge < -0.3 is 10.3 Å². The van der Waals surface area contributed by atoms with Gasteiger partial charge in [-0.25, -0.2) is 4.98 Å². The lowest BCUT2D eigenvalue weighted by atomic mass is 10.4. The Kier molecular flexibility index (Phi) is 2.01. The number of nitrogen functional groups attached to an aromatic ring is 1. The maximum Gasteiger partial charge on any atom is 0.201 e. The summed E-state index contributed by atoms with van der Waals surface area (Å²) in [4.78, 5) is 5.06. The number of aromatic nitrogens is 2. The summed E-state index contributed by atoms with van der Waals surface area (Å²) in [5, 5.41) is 2.46. The highest BCUT2D eigenvalue weighted by atomic mass is 35.5. The number of rotatable bonds is 1. The van der Waals surface area contributed by atoms with E-state index in [0.29, 0.717) is 11.1 Å². The van der Waals surface area contributed by atoms with Crippen LogP contribution in [0, 0.1) is 0 Å². The second-order valence-corrected chi connectivity index (χ2v) is 3.95. The summed E-state index contributed by atoms with van der Waals surface area (Å²) in [7, 11) is 1.85. The molecule has 2 aromatic rings. The molecular weight excluding hydrogens is 206 g/mol. The molecule has 2 rings (SSSR count). The maximum atomic E-state index is 5.94. The van der Waals surface area contributed by atoms with Crippen molar-refractivity contribution in [2.75, 3.05) is 5.73 Å². The van der Waals surface area contributed by atoms with E-state index in [1.165, 1.54) is 0 Å². The fourth-order valence-electron chi connectivity index (χ4n) is 1.16. The first-order valence-corrected chi connectivity index (χ1v) is 4.97. The van der Waals surface area contributed by atoms with Crippen molar-refractivity contribution in [3.05, 3.63) is 22.7 Å². The molecule has 0 atom stereocenters. The number of anilines is 1. The lowest BCUT2D eigenvalue weighted by molar-refractivity contribution is 0.940. The first-order valence-electron chi connectivity index (χ1n) is 3.71. The number of nitrogens with two attached hydrogens (primary N) is 1. The van der Waals surface area contributed by atoms with Crippen molar-refractivity contribution in [3.8, 4) is 10.6 Å². The summed E-state index contributed by atoms with van der Waals surface area (Å²) in [6, 6.07) is 3.96. The third-order valence-electron chi connectivity index (χ3n) is 1.84. The lowest BCUT2D eigenvalue weighted by Gasteiger charge is -1.99. The molecule has 0 saturated carbocycles. The molecule has 0 saturated heterocycles. The van der Waals surface area contributed by atoms with Gasteiger partial charge >= 0.3 is 0 Å². The Morgan fingerprint density at radius 2 is 2.38 bits per heavy atom. The molecule has 0 amide bonds. The van der Waals surface area contributed by atoms with Crippen molar-refractivity contribution in [2.24, 2.45) is 7.05 Å². The van der Waals surface area contributed by atoms with Crippen LogP contribution < -0.4 is 5.73 Å². The number of imidazole rings is 1. The molecule has 0 aliphatic carbocycles. The zero-order valence-electron chi connectivity index (χ0n) is 6.99. The van der Waals surface area contributed by atoms with Gasteiger partial charge in [-0.15, -0.1) is 11.3 Å². The van der Waals surface area contributed by atoms with Crippen LogP contribution >= 0.6 is 22.9 Å². The van der Waals surface area contributed by atoms with Gasteiger partial charge in [0.25, 0.3) is 0 Å². The van der Waals surface area contributed by atoms with Crippen LogP contribution in [-0.2, 0) is 7.05 Å². The number of halogens is 1. The largest absolute Gasteiger partial charge is 0.369 e. The number of thiophene rings is 1. The Morgan fingerprint density at radius 1 is 1.62 bits per heavy atom. The monoisotopic (exact) mass is 213 g/mol. The minimum atomic E-state index is 0.438. The lowest BCUT2D eigenvalue weighted by Crippen LogP contribution is -1.97. The van der Waals surface area contributed by atoms with E-state index in [9.17, 15) is 0 Å². The van der Waals surface area contributed by atoms with E-state index in [-0.39, 0.29) is 0 Å². The van der Waals surface area contributed by atoms with Crippen LogP contribution in [0.1, 0.15) is 0 Å². The molecule has 0 unspecified atom stereocenters. The van der Waals surface area contributed by atoms with Gasteiger partial charge in [0, 0.05) is 7.05 Å². The van der Waals surface area contributed by atoms with Crippen molar-refractivity contribution in [1.29, 1.82) is 0 Å². The normalized spacial score (nSPS) is 10.6. The number of nitrogens with zero attached hydrogens (tertiary/aromatic N) is 2. The summed E-state index contributed by atoms with van der Waals surface area (Å²) >= 11 is 7.55. The minimum Gasteiger partial charge on any atom is -0.369 e. The Labute approximate surface area is 84.8 Å². The van der Waals surface area contributed by atoms with Crippen molar-refractivity contribution in [3.63, 3.8) is 0 Å². The molecule has 0 aliphatic rings. The van der Waals surface area contributed by atoms with Crippen LogP contribution in [0.15, 0.2) is 17.5 Å². The molecule has 0 radical (unpaired) electrons. The second-order valence-electron chi connectivity index (χ2n) is 2.65. The standard InChI is InChI=1S/C8H8ClN3S/c1-12-6(5-3-2-4-13-5)7(9)11-8(12)10/h2-4H,1H3,(H2,10,11). The van der Waals surface area contributed by atoms with Crippen LogP contribution in [-0.4, -0.2) is 9.55 Å². The Hall–Kier alpha value is -1.00. The zero-order valence-corrected chi connectivity index (χ0v) is 8.56. The van der Waals surface area contributed by atoms with Gasteiger partial charge in [-0.1, -0.05) is 17.7 Å². The molecule has 2 heterocycles. The predicted molar refractivity (Wildman–Crippen MR) is 55.9 cm³/mol. The summed E-state index contributed by atoms with van der Waals surface area (Å²) in [6.07, 6.45) is 0. The molecule has 3 nitrogen and oxygen atoms in total. The highest BCUT2D eigenvalue weighted by Gasteiger charge is 2.13. The third-order valence-corrected chi connectivity index (χ3v) is 2.98. The van der Waals surface area contributed by atoms with E-state index in [0.717, 1.165) is 10.6 Å². The predicted octanol–water partition coefficient (Wildman–Crippen LogP) is 2.38. The summed E-state index contributed by atoms with van der Waals surface area (Å²) in [5.41, 5.74) is 6.50. The molecule has 2 N–H and O–H groups in total. The Morgan fingerprint density at radius 3 is 2.85 bits per heavy atom. The highest BCUT2D eigenvalue weighted by Crippen LogP contribution is 2.31. The Balaban J connectivity index is 2.64. The fourth-order valence-corrected chi connectivity index (χ4v) is 2.34. The van der Waals surface area contributed by atoms with E-state index in [1.54, 1.807) is 15.9 Å². The van der Waals surface area contributed by atoms with Gasteiger partial charge in [0.1, 0.15) is 0 Å². The molecule has 5 heteroatoms. The quantitative estimate of drug-likeness (QED) is 0.791. The average Bonchev–Trinajstić information content (AvgIpc) is 2.63. The van der Waals surface area contributed by atoms with Gasteiger partial charge in [0.05, 0.1) is 10.6 Å². The highest BCUT2D eigenvalue weighted by molar-refractivity contribution is 7.13. The first kappa shape index (κ1) is 8.59. The molecule has 68 valence electrons. The van der Waals surface area contributed by atoms with E-state index in [1.807, 2.05) is 24.6 Å². The van der Waals surface area contributed by atoms with Crippen LogP contribution in [0.3, 0.4) is 0 Å². The van der Waals surface area contributed by atoms with Crippen molar-refractivity contribution in [2.45, 2.75) is 0 Å². The van der Waals surface area contributed by atoms with Gasteiger partial charge in [-0.05, 0) is 11.4 Å². The molecule has 0 aliphatic heterocycles. The summed E-state index contributed by atoms with van der Waals surface area (Å²) < 4.78 is 1.79. The van der Waals surface area contributed by atoms with E-state index < -0.39 is 0 Å². The number of hydrogen-bond donors (Lipinski definition) is 1. The third kappa shape index (κ3) is 1.32. The smallest absolute Gasteiger partial charge is 0.201 e. The average molecular weight is 214 g/mol.